The molecule has 4 rings (SSSR count). The fourth-order valence-electron chi connectivity index (χ4n) is 3.22. The molecule has 2 aromatic heterocycles. The van der Waals surface area contributed by atoms with Crippen molar-refractivity contribution < 1.29 is 13.7 Å². The fourth-order valence-corrected chi connectivity index (χ4v) is 3.22. The lowest BCUT2D eigenvalue weighted by atomic mass is 10.2. The van der Waals surface area contributed by atoms with E-state index in [9.17, 15) is 4.79 Å². The number of hydrogen-bond donors (Lipinski definition) is 1. The number of rotatable bonds is 6. The Kier molecular flexibility index (Phi) is 4.37. The molecule has 7 nitrogen and oxygen atoms in total. The number of hydrogen-bond acceptors (Lipinski definition) is 6. The molecule has 1 aliphatic rings. The number of para-hydroxylation sites is 2. The van der Waals surface area contributed by atoms with Gasteiger partial charge in [-0.2, -0.15) is 4.98 Å². The molecular weight excluding hydrogens is 320 g/mol. The van der Waals surface area contributed by atoms with E-state index in [1.54, 1.807) is 12.5 Å². The van der Waals surface area contributed by atoms with E-state index in [0.717, 1.165) is 48.9 Å². The maximum Gasteiger partial charge on any atom is 0.299 e. The van der Waals surface area contributed by atoms with E-state index in [1.165, 1.54) is 0 Å². The van der Waals surface area contributed by atoms with Gasteiger partial charge in [-0.3, -0.25) is 4.79 Å². The minimum atomic E-state index is -0.219. The minimum Gasteiger partial charge on any atom is -0.423 e. The Bertz CT molecular complexity index is 810. The molecule has 1 amide bonds. The van der Waals surface area contributed by atoms with Crippen LogP contribution < -0.4 is 10.2 Å². The zero-order chi connectivity index (χ0) is 17.1. The van der Waals surface area contributed by atoms with Crippen molar-refractivity contribution in [2.24, 2.45) is 0 Å². The molecule has 130 valence electrons. The summed E-state index contributed by atoms with van der Waals surface area (Å²) in [5.74, 6) is 0.0325. The summed E-state index contributed by atoms with van der Waals surface area (Å²) >= 11 is 0. The Hall–Kier alpha value is -2.83. The van der Waals surface area contributed by atoms with Gasteiger partial charge in [0.1, 0.15) is 17.8 Å². The zero-order valence-electron chi connectivity index (χ0n) is 13.9. The standard InChI is InChI=1S/C18H20N4O3/c23-17(19-9-3-5-13-11-20-24-12-13)15-7-4-10-22(15)18-21-14-6-1-2-8-16(14)25-18/h1-2,6,8,11-12,15H,3-5,7,9-10H2,(H,19,23). The average molecular weight is 340 g/mol. The molecule has 25 heavy (non-hydrogen) atoms. The van der Waals surface area contributed by atoms with E-state index in [0.29, 0.717) is 12.6 Å². The molecule has 0 spiro atoms. The predicted octanol–water partition coefficient (Wildman–Crippen LogP) is 2.53. The van der Waals surface area contributed by atoms with Gasteiger partial charge in [-0.1, -0.05) is 17.3 Å². The van der Waals surface area contributed by atoms with E-state index in [2.05, 4.69) is 15.5 Å². The topological polar surface area (TPSA) is 84.4 Å². The number of fused-ring (bicyclic) bond motifs is 1. The molecule has 0 aliphatic carbocycles. The highest BCUT2D eigenvalue weighted by atomic mass is 16.5. The summed E-state index contributed by atoms with van der Waals surface area (Å²) in [4.78, 5) is 19.0. The smallest absolute Gasteiger partial charge is 0.299 e. The average Bonchev–Trinajstić information content (AvgIpc) is 3.38. The number of carbonyl (C=O) groups excluding carboxylic acids is 1. The van der Waals surface area contributed by atoms with Gasteiger partial charge in [0.25, 0.3) is 6.01 Å². The van der Waals surface area contributed by atoms with Crippen molar-refractivity contribution in [3.05, 3.63) is 42.3 Å². The first-order chi connectivity index (χ1) is 12.3. The van der Waals surface area contributed by atoms with Crippen molar-refractivity contribution in [1.29, 1.82) is 0 Å². The Morgan fingerprint density at radius 3 is 3.12 bits per heavy atom. The van der Waals surface area contributed by atoms with Crippen molar-refractivity contribution in [3.8, 4) is 0 Å². The van der Waals surface area contributed by atoms with Gasteiger partial charge in [0, 0.05) is 18.7 Å². The van der Waals surface area contributed by atoms with Crippen LogP contribution in [-0.4, -0.2) is 35.2 Å². The quantitative estimate of drug-likeness (QED) is 0.694. The van der Waals surface area contributed by atoms with Crippen molar-refractivity contribution in [2.45, 2.75) is 31.7 Å². The Morgan fingerprint density at radius 2 is 2.28 bits per heavy atom. The van der Waals surface area contributed by atoms with Gasteiger partial charge >= 0.3 is 0 Å². The van der Waals surface area contributed by atoms with Crippen LogP contribution in [0, 0.1) is 0 Å². The number of anilines is 1. The van der Waals surface area contributed by atoms with E-state index in [1.807, 2.05) is 29.2 Å². The van der Waals surface area contributed by atoms with Crippen LogP contribution in [0.15, 0.2) is 45.7 Å². The minimum absolute atomic E-state index is 0.0325. The van der Waals surface area contributed by atoms with Crippen LogP contribution in [0.2, 0.25) is 0 Å². The number of carbonyl (C=O) groups is 1. The Balaban J connectivity index is 1.36. The lowest BCUT2D eigenvalue weighted by Gasteiger charge is -2.21. The Morgan fingerprint density at radius 1 is 1.36 bits per heavy atom. The lowest BCUT2D eigenvalue weighted by molar-refractivity contribution is -0.122. The van der Waals surface area contributed by atoms with Crippen molar-refractivity contribution >= 4 is 23.0 Å². The van der Waals surface area contributed by atoms with Gasteiger partial charge in [0.2, 0.25) is 5.91 Å². The molecule has 7 heteroatoms. The first kappa shape index (κ1) is 15.7. The largest absolute Gasteiger partial charge is 0.423 e. The summed E-state index contributed by atoms with van der Waals surface area (Å²) in [5.41, 5.74) is 2.61. The maximum atomic E-state index is 12.6. The van der Waals surface area contributed by atoms with Crippen molar-refractivity contribution in [2.75, 3.05) is 18.0 Å². The van der Waals surface area contributed by atoms with Gasteiger partial charge in [-0.05, 0) is 37.8 Å². The molecule has 0 saturated carbocycles. The van der Waals surface area contributed by atoms with Gasteiger partial charge in [0.15, 0.2) is 5.58 Å². The molecule has 3 heterocycles. The maximum absolute atomic E-state index is 12.6. The molecule has 1 fully saturated rings. The second kappa shape index (κ2) is 6.96. The normalized spacial score (nSPS) is 17.3. The van der Waals surface area contributed by atoms with Crippen molar-refractivity contribution in [3.63, 3.8) is 0 Å². The molecule has 0 radical (unpaired) electrons. The number of oxazole rings is 1. The molecule has 1 saturated heterocycles. The summed E-state index contributed by atoms with van der Waals surface area (Å²) in [6.07, 6.45) is 6.79. The number of nitrogens with one attached hydrogen (secondary N) is 1. The third kappa shape index (κ3) is 3.35. The molecule has 3 aromatic rings. The van der Waals surface area contributed by atoms with Crippen LogP contribution in [0.5, 0.6) is 0 Å². The van der Waals surface area contributed by atoms with Crippen LogP contribution in [0.25, 0.3) is 11.1 Å². The van der Waals surface area contributed by atoms with Crippen LogP contribution in [0.3, 0.4) is 0 Å². The Labute approximate surface area is 145 Å². The number of nitrogens with zero attached hydrogens (tertiary/aromatic N) is 3. The lowest BCUT2D eigenvalue weighted by Crippen LogP contribution is -2.43. The third-order valence-electron chi connectivity index (χ3n) is 4.51. The molecule has 1 unspecified atom stereocenters. The molecule has 1 N–H and O–H groups in total. The SMILES string of the molecule is O=C(NCCCc1cnoc1)C1CCCN1c1nc2ccccc2o1. The zero-order valence-corrected chi connectivity index (χ0v) is 13.9. The van der Waals surface area contributed by atoms with Crippen LogP contribution >= 0.6 is 0 Å². The summed E-state index contributed by atoms with van der Waals surface area (Å²) in [6, 6.07) is 7.96. The number of aromatic nitrogens is 2. The highest BCUT2D eigenvalue weighted by Crippen LogP contribution is 2.28. The summed E-state index contributed by atoms with van der Waals surface area (Å²) in [7, 11) is 0. The van der Waals surface area contributed by atoms with E-state index in [-0.39, 0.29) is 11.9 Å². The van der Waals surface area contributed by atoms with Crippen LogP contribution in [-0.2, 0) is 11.2 Å². The predicted molar refractivity (Wildman–Crippen MR) is 92.2 cm³/mol. The van der Waals surface area contributed by atoms with Gasteiger partial charge in [-0.25, -0.2) is 0 Å². The van der Waals surface area contributed by atoms with Crippen LogP contribution in [0.1, 0.15) is 24.8 Å². The van der Waals surface area contributed by atoms with Gasteiger partial charge < -0.3 is 19.2 Å². The number of benzene rings is 1. The van der Waals surface area contributed by atoms with Crippen molar-refractivity contribution in [1.82, 2.24) is 15.5 Å². The van der Waals surface area contributed by atoms with Crippen LogP contribution in [0.4, 0.5) is 6.01 Å². The molecule has 1 atom stereocenters. The first-order valence-corrected chi connectivity index (χ1v) is 8.59. The summed E-state index contributed by atoms with van der Waals surface area (Å²) in [6.45, 7) is 1.41. The first-order valence-electron chi connectivity index (χ1n) is 8.59. The van der Waals surface area contributed by atoms with Gasteiger partial charge in [0.05, 0.1) is 6.20 Å². The van der Waals surface area contributed by atoms with Gasteiger partial charge in [-0.15, -0.1) is 0 Å². The highest BCUT2D eigenvalue weighted by Gasteiger charge is 2.33. The number of amides is 1. The summed E-state index contributed by atoms with van der Waals surface area (Å²) < 4.78 is 10.6. The molecular formula is C18H20N4O3. The highest BCUT2D eigenvalue weighted by molar-refractivity contribution is 5.85. The summed E-state index contributed by atoms with van der Waals surface area (Å²) in [5, 5.41) is 6.69. The second-order valence-electron chi connectivity index (χ2n) is 6.24. The fraction of sp³-hybridized carbons (Fsp3) is 0.389. The number of aryl methyl sites for hydroxylation is 1. The monoisotopic (exact) mass is 340 g/mol. The third-order valence-corrected chi connectivity index (χ3v) is 4.51. The molecule has 1 aromatic carbocycles. The van der Waals surface area contributed by atoms with E-state index >= 15 is 0 Å². The molecule has 1 aliphatic heterocycles. The molecule has 0 bridgehead atoms. The van der Waals surface area contributed by atoms with E-state index < -0.39 is 0 Å². The van der Waals surface area contributed by atoms with E-state index in [4.69, 9.17) is 8.94 Å². The second-order valence-corrected chi connectivity index (χ2v) is 6.24.